The number of ether oxygens (including phenoxy) is 3. The average Bonchev–Trinajstić information content (AvgIpc) is 2.61. The molecular formula is C11H21NO4. The highest BCUT2D eigenvalue weighted by Crippen LogP contribution is 2.24. The van der Waals surface area contributed by atoms with Crippen molar-refractivity contribution in [3.8, 4) is 0 Å². The van der Waals surface area contributed by atoms with Crippen LogP contribution in [-0.4, -0.2) is 56.0 Å². The van der Waals surface area contributed by atoms with Crippen LogP contribution in [0, 0.1) is 0 Å². The van der Waals surface area contributed by atoms with Crippen molar-refractivity contribution in [3.63, 3.8) is 0 Å². The quantitative estimate of drug-likeness (QED) is 0.706. The van der Waals surface area contributed by atoms with Crippen LogP contribution < -0.4 is 5.32 Å². The van der Waals surface area contributed by atoms with E-state index in [0.29, 0.717) is 26.4 Å². The molecule has 3 unspecified atom stereocenters. The van der Waals surface area contributed by atoms with E-state index in [9.17, 15) is 5.11 Å². The van der Waals surface area contributed by atoms with E-state index in [1.165, 1.54) is 0 Å². The third-order valence-corrected chi connectivity index (χ3v) is 3.43. The Bertz CT molecular complexity index is 220. The molecule has 0 amide bonds. The number of rotatable bonds is 4. The smallest absolute Gasteiger partial charge is 0.147 e. The molecule has 0 aliphatic carbocycles. The second kappa shape index (κ2) is 5.42. The SMILES string of the molecule is CC1OCCC1(O)CNCC1CCOCO1. The first kappa shape index (κ1) is 12.3. The first-order valence-electron chi connectivity index (χ1n) is 5.95. The predicted octanol–water partition coefficient (Wildman–Crippen LogP) is -0.121. The van der Waals surface area contributed by atoms with E-state index in [1.54, 1.807) is 0 Å². The van der Waals surface area contributed by atoms with Crippen molar-refractivity contribution in [1.82, 2.24) is 5.32 Å². The Hall–Kier alpha value is -0.200. The molecule has 2 saturated heterocycles. The molecule has 0 aromatic heterocycles. The molecule has 0 spiro atoms. The Morgan fingerprint density at radius 2 is 2.25 bits per heavy atom. The molecule has 2 fully saturated rings. The van der Waals surface area contributed by atoms with Crippen LogP contribution in [0.1, 0.15) is 19.8 Å². The zero-order valence-corrected chi connectivity index (χ0v) is 9.78. The van der Waals surface area contributed by atoms with Gasteiger partial charge in [-0.3, -0.25) is 0 Å². The maximum Gasteiger partial charge on any atom is 0.147 e. The Kier molecular flexibility index (Phi) is 4.16. The van der Waals surface area contributed by atoms with Gasteiger partial charge in [-0.05, 0) is 13.3 Å². The van der Waals surface area contributed by atoms with Gasteiger partial charge in [-0.25, -0.2) is 0 Å². The highest BCUT2D eigenvalue weighted by atomic mass is 16.7. The minimum absolute atomic E-state index is 0.0874. The van der Waals surface area contributed by atoms with E-state index in [0.717, 1.165) is 19.6 Å². The van der Waals surface area contributed by atoms with Crippen LogP contribution in [0.15, 0.2) is 0 Å². The summed E-state index contributed by atoms with van der Waals surface area (Å²) in [4.78, 5) is 0. The summed E-state index contributed by atoms with van der Waals surface area (Å²) in [6.07, 6.45) is 1.73. The summed E-state index contributed by atoms with van der Waals surface area (Å²) in [5.41, 5.74) is -0.717. The van der Waals surface area contributed by atoms with Crippen molar-refractivity contribution in [2.24, 2.45) is 0 Å². The average molecular weight is 231 g/mol. The monoisotopic (exact) mass is 231 g/mol. The number of nitrogens with one attached hydrogen (secondary N) is 1. The summed E-state index contributed by atoms with van der Waals surface area (Å²) < 4.78 is 15.9. The maximum atomic E-state index is 10.2. The van der Waals surface area contributed by atoms with E-state index in [1.807, 2.05) is 6.92 Å². The lowest BCUT2D eigenvalue weighted by Crippen LogP contribution is -2.48. The molecule has 0 radical (unpaired) electrons. The Morgan fingerprint density at radius 1 is 1.38 bits per heavy atom. The summed E-state index contributed by atoms with van der Waals surface area (Å²) in [6.45, 7) is 5.03. The van der Waals surface area contributed by atoms with Gasteiger partial charge in [-0.2, -0.15) is 0 Å². The van der Waals surface area contributed by atoms with Gasteiger partial charge in [0.25, 0.3) is 0 Å². The second-order valence-electron chi connectivity index (χ2n) is 4.60. The van der Waals surface area contributed by atoms with Crippen LogP contribution in [0.25, 0.3) is 0 Å². The van der Waals surface area contributed by atoms with Crippen LogP contribution in [0.5, 0.6) is 0 Å². The van der Waals surface area contributed by atoms with E-state index < -0.39 is 5.60 Å². The molecule has 2 heterocycles. The number of aliphatic hydroxyl groups is 1. The lowest BCUT2D eigenvalue weighted by atomic mass is 9.96. The van der Waals surface area contributed by atoms with Crippen LogP contribution in [0.4, 0.5) is 0 Å². The molecule has 16 heavy (non-hydrogen) atoms. The minimum atomic E-state index is -0.717. The fraction of sp³-hybridized carbons (Fsp3) is 1.00. The van der Waals surface area contributed by atoms with Crippen LogP contribution in [0.2, 0.25) is 0 Å². The summed E-state index contributed by atoms with van der Waals surface area (Å²) in [5.74, 6) is 0. The third kappa shape index (κ3) is 2.93. The standard InChI is InChI=1S/C11H21NO4/c1-9-11(13,3-5-15-9)7-12-6-10-2-4-14-8-16-10/h9-10,12-13H,2-8H2,1H3. The molecule has 0 aromatic rings. The number of hydrogen-bond donors (Lipinski definition) is 2. The van der Waals surface area contributed by atoms with E-state index in [2.05, 4.69) is 5.32 Å². The van der Waals surface area contributed by atoms with Crippen molar-refractivity contribution in [1.29, 1.82) is 0 Å². The highest BCUT2D eigenvalue weighted by Gasteiger charge is 2.39. The minimum Gasteiger partial charge on any atom is -0.386 e. The van der Waals surface area contributed by atoms with Gasteiger partial charge in [0, 0.05) is 26.1 Å². The summed E-state index contributed by atoms with van der Waals surface area (Å²) in [7, 11) is 0. The molecule has 5 heteroatoms. The van der Waals surface area contributed by atoms with E-state index >= 15 is 0 Å². The van der Waals surface area contributed by atoms with E-state index in [4.69, 9.17) is 14.2 Å². The van der Waals surface area contributed by atoms with Gasteiger partial charge in [-0.15, -0.1) is 0 Å². The molecule has 2 N–H and O–H groups in total. The first-order chi connectivity index (χ1) is 7.71. The molecular weight excluding hydrogens is 210 g/mol. The molecule has 3 atom stereocenters. The van der Waals surface area contributed by atoms with Gasteiger partial charge in [0.15, 0.2) is 0 Å². The van der Waals surface area contributed by atoms with Crippen molar-refractivity contribution in [2.45, 2.75) is 37.6 Å². The van der Waals surface area contributed by atoms with Crippen molar-refractivity contribution in [2.75, 3.05) is 33.1 Å². The molecule has 94 valence electrons. The molecule has 0 saturated carbocycles. The van der Waals surface area contributed by atoms with Gasteiger partial charge >= 0.3 is 0 Å². The van der Waals surface area contributed by atoms with Gasteiger partial charge in [-0.1, -0.05) is 0 Å². The zero-order chi connectivity index (χ0) is 11.4. The number of hydrogen-bond acceptors (Lipinski definition) is 5. The first-order valence-corrected chi connectivity index (χ1v) is 5.95. The molecule has 5 nitrogen and oxygen atoms in total. The second-order valence-corrected chi connectivity index (χ2v) is 4.60. The topological polar surface area (TPSA) is 60.0 Å². The van der Waals surface area contributed by atoms with Crippen molar-refractivity contribution in [3.05, 3.63) is 0 Å². The van der Waals surface area contributed by atoms with Gasteiger partial charge in [0.05, 0.1) is 18.8 Å². The van der Waals surface area contributed by atoms with Crippen molar-refractivity contribution < 1.29 is 19.3 Å². The highest BCUT2D eigenvalue weighted by molar-refractivity contribution is 4.91. The summed E-state index contributed by atoms with van der Waals surface area (Å²) in [6, 6.07) is 0. The normalized spacial score (nSPS) is 40.1. The van der Waals surface area contributed by atoms with Crippen LogP contribution in [-0.2, 0) is 14.2 Å². The summed E-state index contributed by atoms with van der Waals surface area (Å²) >= 11 is 0. The molecule has 0 aromatic carbocycles. The largest absolute Gasteiger partial charge is 0.386 e. The predicted molar refractivity (Wildman–Crippen MR) is 58.2 cm³/mol. The van der Waals surface area contributed by atoms with Crippen LogP contribution in [0.3, 0.4) is 0 Å². The Labute approximate surface area is 96.1 Å². The molecule has 0 bridgehead atoms. The fourth-order valence-electron chi connectivity index (χ4n) is 2.11. The maximum absolute atomic E-state index is 10.2. The van der Waals surface area contributed by atoms with Gasteiger partial charge < -0.3 is 24.6 Å². The Morgan fingerprint density at radius 3 is 2.88 bits per heavy atom. The molecule has 2 aliphatic heterocycles. The van der Waals surface area contributed by atoms with Gasteiger partial charge in [0.1, 0.15) is 12.4 Å². The van der Waals surface area contributed by atoms with Gasteiger partial charge in [0.2, 0.25) is 0 Å². The third-order valence-electron chi connectivity index (χ3n) is 3.43. The molecule has 2 aliphatic rings. The zero-order valence-electron chi connectivity index (χ0n) is 9.78. The fourth-order valence-corrected chi connectivity index (χ4v) is 2.11. The van der Waals surface area contributed by atoms with Crippen LogP contribution >= 0.6 is 0 Å². The Balaban J connectivity index is 1.66. The lowest BCUT2D eigenvalue weighted by Gasteiger charge is -2.28. The van der Waals surface area contributed by atoms with E-state index in [-0.39, 0.29) is 12.2 Å². The summed E-state index contributed by atoms with van der Waals surface area (Å²) in [5, 5.41) is 13.5. The molecule has 2 rings (SSSR count). The van der Waals surface area contributed by atoms with Crippen molar-refractivity contribution >= 4 is 0 Å². The lowest BCUT2D eigenvalue weighted by molar-refractivity contribution is -0.138.